The number of carbonyl (C=O) groups is 1. The van der Waals surface area contributed by atoms with Crippen molar-refractivity contribution in [1.82, 2.24) is 15.0 Å². The zero-order valence-electron chi connectivity index (χ0n) is 22.0. The number of hydrogen-bond acceptors (Lipinski definition) is 5. The van der Waals surface area contributed by atoms with E-state index in [9.17, 15) is 18.0 Å². The van der Waals surface area contributed by atoms with E-state index < -0.39 is 17.7 Å². The molecule has 0 amide bonds. The maximum Gasteiger partial charge on any atom is 0.416 e. The number of rotatable bonds is 7. The van der Waals surface area contributed by atoms with Crippen molar-refractivity contribution in [2.45, 2.75) is 33.1 Å². The second-order valence-corrected chi connectivity index (χ2v) is 9.37. The van der Waals surface area contributed by atoms with Crippen LogP contribution in [0, 0.1) is 0 Å². The molecule has 0 fully saturated rings. The number of esters is 1. The van der Waals surface area contributed by atoms with E-state index in [2.05, 4.69) is 15.0 Å². The van der Waals surface area contributed by atoms with Crippen molar-refractivity contribution >= 4 is 16.9 Å². The van der Waals surface area contributed by atoms with Crippen LogP contribution >= 0.6 is 0 Å². The van der Waals surface area contributed by atoms with Crippen molar-refractivity contribution < 1.29 is 27.4 Å². The maximum absolute atomic E-state index is 13.3. The molecule has 0 unspecified atom stereocenters. The fraction of sp³-hybridized carbons (Fsp3) is 0.194. The number of aromatic amines is 1. The number of nitrogens with one attached hydrogen (secondary N) is 1. The van der Waals surface area contributed by atoms with Crippen molar-refractivity contribution in [2.24, 2.45) is 0 Å². The smallest absolute Gasteiger partial charge is 0.416 e. The van der Waals surface area contributed by atoms with Crippen LogP contribution in [-0.4, -0.2) is 33.6 Å². The monoisotopic (exact) mass is 545 g/mol. The third-order valence-electron chi connectivity index (χ3n) is 6.30. The molecule has 0 saturated carbocycles. The number of fused-ring (bicyclic) bond motifs is 1. The summed E-state index contributed by atoms with van der Waals surface area (Å²) in [6, 6.07) is 15.8. The minimum absolute atomic E-state index is 0.0708. The fourth-order valence-electron chi connectivity index (χ4n) is 4.66. The molecule has 3 heterocycles. The van der Waals surface area contributed by atoms with Crippen LogP contribution in [0.5, 0.6) is 5.88 Å². The number of hydrogen-bond donors (Lipinski definition) is 1. The van der Waals surface area contributed by atoms with Gasteiger partial charge in [-0.2, -0.15) is 13.2 Å². The van der Waals surface area contributed by atoms with Gasteiger partial charge in [-0.15, -0.1) is 0 Å². The Labute approximate surface area is 228 Å². The van der Waals surface area contributed by atoms with Crippen LogP contribution in [0.15, 0.2) is 79.3 Å². The highest BCUT2D eigenvalue weighted by Gasteiger charge is 2.30. The highest BCUT2D eigenvalue weighted by Crippen LogP contribution is 2.44. The molecule has 5 aromatic rings. The molecule has 0 aliphatic rings. The van der Waals surface area contributed by atoms with Crippen LogP contribution in [0.25, 0.3) is 44.3 Å². The molecule has 0 aliphatic heterocycles. The lowest BCUT2D eigenvalue weighted by Crippen LogP contribution is -2.06. The number of H-pyrrole nitrogens is 1. The molecule has 3 aromatic heterocycles. The van der Waals surface area contributed by atoms with E-state index in [4.69, 9.17) is 9.47 Å². The number of ether oxygens (including phenoxy) is 2. The number of alkyl halides is 3. The zero-order chi connectivity index (χ0) is 28.4. The van der Waals surface area contributed by atoms with Gasteiger partial charge >= 0.3 is 12.1 Å². The Bertz CT molecular complexity index is 1640. The van der Waals surface area contributed by atoms with Gasteiger partial charge in [0.2, 0.25) is 5.88 Å². The van der Waals surface area contributed by atoms with Crippen molar-refractivity contribution in [2.75, 3.05) is 6.61 Å². The molecule has 0 spiro atoms. The average Bonchev–Trinajstić information content (AvgIpc) is 3.33. The second kappa shape index (κ2) is 10.8. The number of benzene rings is 2. The summed E-state index contributed by atoms with van der Waals surface area (Å²) in [4.78, 5) is 25.0. The third-order valence-corrected chi connectivity index (χ3v) is 6.30. The Morgan fingerprint density at radius 3 is 2.25 bits per heavy atom. The van der Waals surface area contributed by atoms with Gasteiger partial charge in [-0.05, 0) is 62.2 Å². The van der Waals surface area contributed by atoms with Crippen molar-refractivity contribution in [1.29, 1.82) is 0 Å². The molecule has 0 saturated heterocycles. The molecule has 0 bridgehead atoms. The fourth-order valence-corrected chi connectivity index (χ4v) is 4.66. The lowest BCUT2D eigenvalue weighted by atomic mass is 9.89. The van der Waals surface area contributed by atoms with Crippen LogP contribution in [0.2, 0.25) is 0 Å². The quantitative estimate of drug-likeness (QED) is 0.210. The Hall–Kier alpha value is -4.66. The van der Waals surface area contributed by atoms with Gasteiger partial charge in [0.05, 0.1) is 18.3 Å². The normalized spacial score (nSPS) is 11.7. The minimum Gasteiger partial charge on any atom is -0.475 e. The van der Waals surface area contributed by atoms with Gasteiger partial charge in [0, 0.05) is 57.8 Å². The van der Waals surface area contributed by atoms with Crippen LogP contribution in [0.1, 0.15) is 36.8 Å². The number of halogens is 3. The molecule has 204 valence electrons. The molecule has 0 atom stereocenters. The van der Waals surface area contributed by atoms with Crippen molar-refractivity contribution in [3.05, 3.63) is 90.5 Å². The van der Waals surface area contributed by atoms with Gasteiger partial charge in [-0.3, -0.25) is 4.98 Å². The SMILES string of the molecule is CCOC(=O)c1[nH]c2ccc(-c3ccc(C(F)(F)F)cc3)c(-c3ccc(OC(C)C)nc3)c2c1-c1cccnc1. The van der Waals surface area contributed by atoms with Gasteiger partial charge in [0.15, 0.2) is 0 Å². The largest absolute Gasteiger partial charge is 0.475 e. The molecule has 2 aromatic carbocycles. The van der Waals surface area contributed by atoms with Gasteiger partial charge in [-0.25, -0.2) is 9.78 Å². The molecular formula is C31H26F3N3O3. The summed E-state index contributed by atoms with van der Waals surface area (Å²) < 4.78 is 51.0. The molecule has 0 aliphatic carbocycles. The van der Waals surface area contributed by atoms with Crippen LogP contribution in [0.3, 0.4) is 0 Å². The first-order valence-corrected chi connectivity index (χ1v) is 12.7. The van der Waals surface area contributed by atoms with E-state index in [1.165, 1.54) is 12.1 Å². The summed E-state index contributed by atoms with van der Waals surface area (Å²) >= 11 is 0. The Balaban J connectivity index is 1.83. The van der Waals surface area contributed by atoms with Gasteiger partial charge in [0.25, 0.3) is 0 Å². The first-order valence-electron chi connectivity index (χ1n) is 12.7. The van der Waals surface area contributed by atoms with Gasteiger partial charge < -0.3 is 14.5 Å². The van der Waals surface area contributed by atoms with Crippen LogP contribution in [0.4, 0.5) is 13.2 Å². The van der Waals surface area contributed by atoms with E-state index in [1.807, 2.05) is 32.0 Å². The lowest BCUT2D eigenvalue weighted by Gasteiger charge is -2.16. The first-order chi connectivity index (χ1) is 19.2. The van der Waals surface area contributed by atoms with Crippen molar-refractivity contribution in [3.63, 3.8) is 0 Å². The number of aromatic nitrogens is 3. The minimum atomic E-state index is -4.45. The molecule has 5 rings (SSSR count). The van der Waals surface area contributed by atoms with E-state index >= 15 is 0 Å². The number of nitrogens with zero attached hydrogens (tertiary/aromatic N) is 2. The highest BCUT2D eigenvalue weighted by atomic mass is 19.4. The van der Waals surface area contributed by atoms with E-state index in [0.29, 0.717) is 50.2 Å². The summed E-state index contributed by atoms with van der Waals surface area (Å²) in [5, 5.41) is 0.688. The maximum atomic E-state index is 13.3. The molecular weight excluding hydrogens is 519 g/mol. The van der Waals surface area contributed by atoms with E-state index in [1.54, 1.807) is 43.7 Å². The van der Waals surface area contributed by atoms with E-state index in [-0.39, 0.29) is 18.4 Å². The van der Waals surface area contributed by atoms with Crippen molar-refractivity contribution in [3.8, 4) is 39.3 Å². The molecule has 1 N–H and O–H groups in total. The molecule has 9 heteroatoms. The molecule has 6 nitrogen and oxygen atoms in total. The highest BCUT2D eigenvalue weighted by molar-refractivity contribution is 6.16. The summed E-state index contributed by atoms with van der Waals surface area (Å²) in [6.07, 6.45) is 0.416. The predicted molar refractivity (Wildman–Crippen MR) is 147 cm³/mol. The Kier molecular flexibility index (Phi) is 7.30. The Morgan fingerprint density at radius 2 is 1.65 bits per heavy atom. The molecule has 40 heavy (non-hydrogen) atoms. The van der Waals surface area contributed by atoms with Gasteiger partial charge in [0.1, 0.15) is 5.69 Å². The first kappa shape index (κ1) is 26.9. The lowest BCUT2D eigenvalue weighted by molar-refractivity contribution is -0.137. The Morgan fingerprint density at radius 1 is 0.925 bits per heavy atom. The summed E-state index contributed by atoms with van der Waals surface area (Å²) in [6.45, 7) is 5.71. The second-order valence-electron chi connectivity index (χ2n) is 9.37. The number of pyridine rings is 2. The topological polar surface area (TPSA) is 77.1 Å². The summed E-state index contributed by atoms with van der Waals surface area (Å²) in [5.74, 6) is -0.0887. The summed E-state index contributed by atoms with van der Waals surface area (Å²) in [7, 11) is 0. The summed E-state index contributed by atoms with van der Waals surface area (Å²) in [5.41, 5.74) is 4.03. The third kappa shape index (κ3) is 5.27. The zero-order valence-corrected chi connectivity index (χ0v) is 22.0. The standard InChI is InChI=1S/C31H26F3N3O3/c1-4-39-30(38)29-27(20-6-5-15-35-16-20)28-24(37-29)13-12-23(19-7-10-22(11-8-19)31(32,33)34)26(28)21-9-14-25(36-17-21)40-18(2)3/h5-18,37H,4H2,1-3H3. The van der Waals surface area contributed by atoms with Crippen LogP contribution in [-0.2, 0) is 10.9 Å². The molecule has 0 radical (unpaired) electrons. The average molecular weight is 546 g/mol. The number of carbonyl (C=O) groups excluding carboxylic acids is 1. The predicted octanol–water partition coefficient (Wildman–Crippen LogP) is 7.94. The van der Waals surface area contributed by atoms with Gasteiger partial charge in [-0.1, -0.05) is 24.3 Å². The van der Waals surface area contributed by atoms with E-state index in [0.717, 1.165) is 12.1 Å². The van der Waals surface area contributed by atoms with Crippen LogP contribution < -0.4 is 4.74 Å².